The van der Waals surface area contributed by atoms with E-state index in [4.69, 9.17) is 4.74 Å². The molecule has 1 aromatic carbocycles. The molecule has 4 heteroatoms. The molecule has 106 valence electrons. The molecule has 0 bridgehead atoms. The number of carbonyl (C=O) groups excluding carboxylic acids is 1. The lowest BCUT2D eigenvalue weighted by Gasteiger charge is -2.23. The first-order valence-corrected chi connectivity index (χ1v) is 6.51. The number of methoxy groups -OCH3 is 1. The van der Waals surface area contributed by atoms with Crippen LogP contribution in [0.15, 0.2) is 18.2 Å². The monoisotopic (exact) mass is 264 g/mol. The minimum Gasteiger partial charge on any atom is -0.385 e. The van der Waals surface area contributed by atoms with Crippen LogP contribution < -0.4 is 10.6 Å². The highest BCUT2D eigenvalue weighted by Crippen LogP contribution is 2.18. The molecule has 0 saturated carbocycles. The Morgan fingerprint density at radius 2 is 2.05 bits per heavy atom. The van der Waals surface area contributed by atoms with Crippen molar-refractivity contribution in [3.63, 3.8) is 0 Å². The van der Waals surface area contributed by atoms with Crippen molar-refractivity contribution in [3.05, 3.63) is 29.3 Å². The summed E-state index contributed by atoms with van der Waals surface area (Å²) < 4.78 is 5.38. The third-order valence-corrected chi connectivity index (χ3v) is 3.31. The summed E-state index contributed by atoms with van der Waals surface area (Å²) >= 11 is 0. The highest BCUT2D eigenvalue weighted by atomic mass is 16.5. The minimum absolute atomic E-state index is 0.0600. The summed E-state index contributed by atoms with van der Waals surface area (Å²) in [6.07, 6.45) is 0.917. The van der Waals surface area contributed by atoms with Crippen LogP contribution in [0, 0.1) is 6.92 Å². The van der Waals surface area contributed by atoms with E-state index in [1.54, 1.807) is 14.2 Å². The second-order valence-corrected chi connectivity index (χ2v) is 5.25. The predicted molar refractivity (Wildman–Crippen MR) is 78.8 cm³/mol. The highest BCUT2D eigenvalue weighted by molar-refractivity contribution is 5.94. The van der Waals surface area contributed by atoms with Crippen LogP contribution in [0.3, 0.4) is 0 Å². The van der Waals surface area contributed by atoms with Crippen molar-refractivity contribution in [2.45, 2.75) is 32.8 Å². The number of benzene rings is 1. The average molecular weight is 264 g/mol. The van der Waals surface area contributed by atoms with Crippen molar-refractivity contribution >= 4 is 11.6 Å². The summed E-state index contributed by atoms with van der Waals surface area (Å²) in [6.45, 7) is 6.96. The van der Waals surface area contributed by atoms with Gasteiger partial charge in [-0.2, -0.15) is 0 Å². The maximum Gasteiger partial charge on any atom is 0.251 e. The third kappa shape index (κ3) is 4.56. The molecule has 1 aromatic rings. The summed E-state index contributed by atoms with van der Waals surface area (Å²) in [5, 5.41) is 6.00. The summed E-state index contributed by atoms with van der Waals surface area (Å²) in [5.74, 6) is -0.0600. The zero-order chi connectivity index (χ0) is 14.5. The number of anilines is 1. The normalized spacial score (nSPS) is 11.2. The van der Waals surface area contributed by atoms with E-state index in [1.807, 2.05) is 25.1 Å². The summed E-state index contributed by atoms with van der Waals surface area (Å²) in [4.78, 5) is 11.5. The number of carbonyl (C=O) groups is 1. The topological polar surface area (TPSA) is 50.4 Å². The van der Waals surface area contributed by atoms with Gasteiger partial charge in [-0.25, -0.2) is 0 Å². The molecular formula is C15H24N2O2. The molecule has 0 aliphatic heterocycles. The Kier molecular flexibility index (Phi) is 5.36. The van der Waals surface area contributed by atoms with Crippen molar-refractivity contribution in [1.82, 2.24) is 5.32 Å². The van der Waals surface area contributed by atoms with Gasteiger partial charge in [0.15, 0.2) is 0 Å². The number of rotatable bonds is 6. The molecule has 0 aliphatic rings. The Morgan fingerprint density at radius 1 is 1.37 bits per heavy atom. The zero-order valence-electron chi connectivity index (χ0n) is 12.5. The van der Waals surface area contributed by atoms with E-state index in [0.717, 1.165) is 24.2 Å². The van der Waals surface area contributed by atoms with Crippen molar-refractivity contribution in [1.29, 1.82) is 0 Å². The summed E-state index contributed by atoms with van der Waals surface area (Å²) in [7, 11) is 3.36. The van der Waals surface area contributed by atoms with Gasteiger partial charge in [-0.1, -0.05) is 0 Å². The molecule has 0 unspecified atom stereocenters. The first-order valence-electron chi connectivity index (χ1n) is 6.51. The summed E-state index contributed by atoms with van der Waals surface area (Å²) in [6, 6.07) is 5.66. The Morgan fingerprint density at radius 3 is 2.58 bits per heavy atom. The van der Waals surface area contributed by atoms with Crippen LogP contribution in [-0.4, -0.2) is 32.2 Å². The van der Waals surface area contributed by atoms with Gasteiger partial charge in [0.05, 0.1) is 5.60 Å². The fourth-order valence-corrected chi connectivity index (χ4v) is 1.75. The average Bonchev–Trinajstić information content (AvgIpc) is 2.39. The number of ether oxygens (including phenoxy) is 1. The third-order valence-electron chi connectivity index (χ3n) is 3.31. The molecule has 0 saturated heterocycles. The van der Waals surface area contributed by atoms with Gasteiger partial charge in [0.25, 0.3) is 5.91 Å². The van der Waals surface area contributed by atoms with Gasteiger partial charge in [0, 0.05) is 32.0 Å². The van der Waals surface area contributed by atoms with E-state index in [2.05, 4.69) is 24.5 Å². The Labute approximate surface area is 115 Å². The van der Waals surface area contributed by atoms with E-state index >= 15 is 0 Å². The standard InChI is InChI=1S/C15H24N2O2/c1-11-10-12(14(18)16-4)6-7-13(11)17-9-8-15(2,3)19-5/h6-7,10,17H,8-9H2,1-5H3,(H,16,18). The van der Waals surface area contributed by atoms with Crippen molar-refractivity contribution in [2.75, 3.05) is 26.0 Å². The van der Waals surface area contributed by atoms with Gasteiger partial charge in [0.2, 0.25) is 0 Å². The molecule has 1 amide bonds. The lowest BCUT2D eigenvalue weighted by molar-refractivity contribution is 0.0185. The maximum atomic E-state index is 11.5. The number of amides is 1. The highest BCUT2D eigenvalue weighted by Gasteiger charge is 2.15. The van der Waals surface area contributed by atoms with Gasteiger partial charge in [0.1, 0.15) is 0 Å². The van der Waals surface area contributed by atoms with Gasteiger partial charge in [-0.15, -0.1) is 0 Å². The Balaban J connectivity index is 2.63. The fourth-order valence-electron chi connectivity index (χ4n) is 1.75. The van der Waals surface area contributed by atoms with Crippen LogP contribution in [0.2, 0.25) is 0 Å². The molecular weight excluding hydrogens is 240 g/mol. The van der Waals surface area contributed by atoms with E-state index < -0.39 is 0 Å². The molecule has 4 nitrogen and oxygen atoms in total. The molecule has 0 aliphatic carbocycles. The molecule has 1 rings (SSSR count). The summed E-state index contributed by atoms with van der Waals surface area (Å²) in [5.41, 5.74) is 2.68. The quantitative estimate of drug-likeness (QED) is 0.830. The molecule has 2 N–H and O–H groups in total. The van der Waals surface area contributed by atoms with Crippen molar-refractivity contribution in [2.24, 2.45) is 0 Å². The van der Waals surface area contributed by atoms with Crippen LogP contribution >= 0.6 is 0 Å². The number of nitrogens with one attached hydrogen (secondary N) is 2. The lowest BCUT2D eigenvalue weighted by atomic mass is 10.0. The molecule has 0 spiro atoms. The first kappa shape index (κ1) is 15.5. The van der Waals surface area contributed by atoms with Crippen LogP contribution in [0.25, 0.3) is 0 Å². The number of hydrogen-bond acceptors (Lipinski definition) is 3. The van der Waals surface area contributed by atoms with Crippen LogP contribution in [0.1, 0.15) is 36.2 Å². The van der Waals surface area contributed by atoms with Gasteiger partial charge in [-0.3, -0.25) is 4.79 Å². The molecule has 0 heterocycles. The zero-order valence-corrected chi connectivity index (χ0v) is 12.5. The molecule has 0 atom stereocenters. The van der Waals surface area contributed by atoms with Crippen LogP contribution in [0.5, 0.6) is 0 Å². The molecule has 19 heavy (non-hydrogen) atoms. The van der Waals surface area contributed by atoms with E-state index in [0.29, 0.717) is 5.56 Å². The SMILES string of the molecule is CNC(=O)c1ccc(NCCC(C)(C)OC)c(C)c1. The second kappa shape index (κ2) is 6.57. The molecule has 0 radical (unpaired) electrons. The predicted octanol–water partition coefficient (Wildman–Crippen LogP) is 2.58. The van der Waals surface area contributed by atoms with Crippen molar-refractivity contribution < 1.29 is 9.53 Å². The van der Waals surface area contributed by atoms with Crippen molar-refractivity contribution in [3.8, 4) is 0 Å². The van der Waals surface area contributed by atoms with E-state index in [1.165, 1.54) is 0 Å². The number of aryl methyl sites for hydroxylation is 1. The van der Waals surface area contributed by atoms with Gasteiger partial charge >= 0.3 is 0 Å². The Bertz CT molecular complexity index is 442. The second-order valence-electron chi connectivity index (χ2n) is 5.25. The van der Waals surface area contributed by atoms with E-state index in [-0.39, 0.29) is 11.5 Å². The van der Waals surface area contributed by atoms with Crippen LogP contribution in [0.4, 0.5) is 5.69 Å². The largest absolute Gasteiger partial charge is 0.385 e. The Hall–Kier alpha value is -1.55. The van der Waals surface area contributed by atoms with Gasteiger partial charge in [-0.05, 0) is 51.0 Å². The lowest BCUT2D eigenvalue weighted by Crippen LogP contribution is -2.26. The molecule has 0 fully saturated rings. The number of hydrogen-bond donors (Lipinski definition) is 2. The van der Waals surface area contributed by atoms with Crippen LogP contribution in [-0.2, 0) is 4.74 Å². The smallest absolute Gasteiger partial charge is 0.251 e. The minimum atomic E-state index is -0.122. The fraction of sp³-hybridized carbons (Fsp3) is 0.533. The van der Waals surface area contributed by atoms with E-state index in [9.17, 15) is 4.79 Å². The molecule has 0 aromatic heterocycles. The van der Waals surface area contributed by atoms with Gasteiger partial charge < -0.3 is 15.4 Å². The first-order chi connectivity index (χ1) is 8.89. The maximum absolute atomic E-state index is 11.5.